The minimum absolute atomic E-state index is 1.32. The molecule has 0 saturated carbocycles. The van der Waals surface area contributed by atoms with Crippen LogP contribution in [0.5, 0.6) is 0 Å². The highest BCUT2D eigenvalue weighted by atomic mass is 13.9. The molecule has 0 bridgehead atoms. The van der Waals surface area contributed by atoms with E-state index in [1.54, 1.807) is 0 Å². The molecule has 0 aliphatic carbocycles. The molecule has 0 unspecified atom stereocenters. The Kier molecular flexibility index (Phi) is 4.35. The van der Waals surface area contributed by atoms with Gasteiger partial charge in [0.25, 0.3) is 0 Å². The molecule has 0 heterocycles. The second-order valence-corrected chi connectivity index (χ2v) is 4.93. The Bertz CT molecular complexity index is 644. The fourth-order valence-electron chi connectivity index (χ4n) is 1.97. The van der Waals surface area contributed by atoms with Crippen LogP contribution in [0.25, 0.3) is 10.8 Å². The Hall–Kier alpha value is -2.08. The first-order valence-electron chi connectivity index (χ1n) is 6.64. The van der Waals surface area contributed by atoms with Gasteiger partial charge in [0.15, 0.2) is 0 Å². The molecule has 0 aliphatic rings. The second-order valence-electron chi connectivity index (χ2n) is 4.93. The fraction of sp³-hybridized carbons (Fsp3) is 0.158. The quantitative estimate of drug-likeness (QED) is 0.496. The van der Waals surface area contributed by atoms with Crippen LogP contribution in [0.4, 0.5) is 0 Å². The number of rotatable bonds is 0. The highest BCUT2D eigenvalue weighted by Crippen LogP contribution is 2.14. The van der Waals surface area contributed by atoms with Crippen LogP contribution >= 0.6 is 0 Å². The van der Waals surface area contributed by atoms with Gasteiger partial charge in [-0.15, -0.1) is 0 Å². The third-order valence-corrected chi connectivity index (χ3v) is 3.33. The van der Waals surface area contributed by atoms with Gasteiger partial charge in [0.1, 0.15) is 0 Å². The van der Waals surface area contributed by atoms with Crippen molar-refractivity contribution in [3.05, 3.63) is 83.4 Å². The molecule has 3 aromatic rings. The number of benzene rings is 3. The normalized spacial score (nSPS) is 9.84. The fourth-order valence-corrected chi connectivity index (χ4v) is 1.97. The van der Waals surface area contributed by atoms with Crippen LogP contribution in [0, 0.1) is 20.8 Å². The van der Waals surface area contributed by atoms with Gasteiger partial charge in [0, 0.05) is 0 Å². The van der Waals surface area contributed by atoms with Crippen molar-refractivity contribution in [1.82, 2.24) is 0 Å². The van der Waals surface area contributed by atoms with E-state index < -0.39 is 0 Å². The molecule has 0 nitrogen and oxygen atoms in total. The van der Waals surface area contributed by atoms with E-state index in [9.17, 15) is 0 Å². The third kappa shape index (κ3) is 3.69. The lowest BCUT2D eigenvalue weighted by molar-refractivity contribution is 1.34. The van der Waals surface area contributed by atoms with Gasteiger partial charge in [-0.05, 0) is 42.7 Å². The molecule has 96 valence electrons. The van der Waals surface area contributed by atoms with Gasteiger partial charge in [-0.3, -0.25) is 0 Å². The molecule has 0 N–H and O–H groups in total. The zero-order chi connectivity index (χ0) is 13.7. The van der Waals surface area contributed by atoms with Gasteiger partial charge < -0.3 is 0 Å². The predicted octanol–water partition coefficient (Wildman–Crippen LogP) is 5.45. The monoisotopic (exact) mass is 248 g/mol. The van der Waals surface area contributed by atoms with E-state index in [0.29, 0.717) is 0 Å². The topological polar surface area (TPSA) is 0 Å². The smallest absolute Gasteiger partial charge is 0.0181 e. The summed E-state index contributed by atoms with van der Waals surface area (Å²) in [5, 5.41) is 2.64. The average Bonchev–Trinajstić information content (AvgIpc) is 2.43. The minimum atomic E-state index is 1.32. The summed E-state index contributed by atoms with van der Waals surface area (Å²) in [4.78, 5) is 0. The Morgan fingerprint density at radius 1 is 0.526 bits per heavy atom. The molecule has 0 heteroatoms. The Morgan fingerprint density at radius 2 is 1.05 bits per heavy atom. The summed E-state index contributed by atoms with van der Waals surface area (Å²) in [5.41, 5.74) is 4.06. The minimum Gasteiger partial charge on any atom is -0.0620 e. The summed E-state index contributed by atoms with van der Waals surface area (Å²) in [6.45, 7) is 6.36. The molecule has 0 atom stereocenters. The number of fused-ring (bicyclic) bond motifs is 1. The van der Waals surface area contributed by atoms with E-state index in [2.05, 4.69) is 87.5 Å². The lowest BCUT2D eigenvalue weighted by Gasteiger charge is -1.96. The van der Waals surface area contributed by atoms with Crippen LogP contribution < -0.4 is 0 Å². The summed E-state index contributed by atoms with van der Waals surface area (Å²) in [5.74, 6) is 0. The lowest BCUT2D eigenvalue weighted by atomic mass is 10.1. The maximum atomic E-state index is 2.20. The Labute approximate surface area is 115 Å². The van der Waals surface area contributed by atoms with Gasteiger partial charge >= 0.3 is 0 Å². The van der Waals surface area contributed by atoms with Crippen LogP contribution in [0.1, 0.15) is 16.7 Å². The van der Waals surface area contributed by atoms with Crippen LogP contribution in [0.15, 0.2) is 66.7 Å². The molecule has 0 amide bonds. The predicted molar refractivity (Wildman–Crippen MR) is 84.6 cm³/mol. The summed E-state index contributed by atoms with van der Waals surface area (Å²) in [6, 6.07) is 23.3. The maximum Gasteiger partial charge on any atom is -0.0181 e. The van der Waals surface area contributed by atoms with Crippen LogP contribution in [-0.4, -0.2) is 0 Å². The maximum absolute atomic E-state index is 2.20. The molecule has 0 fully saturated rings. The second kappa shape index (κ2) is 6.19. The van der Waals surface area contributed by atoms with Crippen molar-refractivity contribution < 1.29 is 0 Å². The van der Waals surface area contributed by atoms with E-state index in [-0.39, 0.29) is 0 Å². The van der Waals surface area contributed by atoms with Crippen LogP contribution in [0.3, 0.4) is 0 Å². The molecule has 0 aromatic heterocycles. The van der Waals surface area contributed by atoms with E-state index in [4.69, 9.17) is 0 Å². The van der Waals surface area contributed by atoms with Gasteiger partial charge in [0.2, 0.25) is 0 Å². The first-order chi connectivity index (χ1) is 9.16. The van der Waals surface area contributed by atoms with Crippen molar-refractivity contribution in [3.63, 3.8) is 0 Å². The third-order valence-electron chi connectivity index (χ3n) is 3.33. The standard InChI is InChI=1S/C11H10.C8H10/c1-9-6-7-10-4-2-3-5-11(10)8-9;1-7-5-3-4-6-8(7)2/h2-8H,1H3;3-6H,1-2H3. The van der Waals surface area contributed by atoms with E-state index >= 15 is 0 Å². The number of hydrogen-bond acceptors (Lipinski definition) is 0. The first-order valence-corrected chi connectivity index (χ1v) is 6.64. The van der Waals surface area contributed by atoms with Gasteiger partial charge in [-0.25, -0.2) is 0 Å². The molecular weight excluding hydrogens is 228 g/mol. The zero-order valence-electron chi connectivity index (χ0n) is 11.9. The largest absolute Gasteiger partial charge is 0.0620 e. The molecule has 3 rings (SSSR count). The van der Waals surface area contributed by atoms with Crippen molar-refractivity contribution >= 4 is 10.8 Å². The van der Waals surface area contributed by atoms with Crippen molar-refractivity contribution in [3.8, 4) is 0 Å². The summed E-state index contributed by atoms with van der Waals surface area (Å²) in [7, 11) is 0. The molecular formula is C19H20. The number of hydrogen-bond donors (Lipinski definition) is 0. The van der Waals surface area contributed by atoms with Crippen LogP contribution in [-0.2, 0) is 0 Å². The molecule has 19 heavy (non-hydrogen) atoms. The molecule has 3 aromatic carbocycles. The zero-order valence-corrected chi connectivity index (χ0v) is 11.9. The van der Waals surface area contributed by atoms with Crippen molar-refractivity contribution in [2.24, 2.45) is 0 Å². The van der Waals surface area contributed by atoms with Gasteiger partial charge in [0.05, 0.1) is 0 Å². The van der Waals surface area contributed by atoms with E-state index in [1.807, 2.05) is 0 Å². The van der Waals surface area contributed by atoms with Gasteiger partial charge in [-0.1, -0.05) is 72.3 Å². The van der Waals surface area contributed by atoms with Gasteiger partial charge in [-0.2, -0.15) is 0 Å². The SMILES string of the molecule is Cc1ccc2ccccc2c1.Cc1ccccc1C. The molecule has 0 saturated heterocycles. The van der Waals surface area contributed by atoms with Crippen molar-refractivity contribution in [1.29, 1.82) is 0 Å². The van der Waals surface area contributed by atoms with E-state index in [0.717, 1.165) is 0 Å². The number of aryl methyl sites for hydroxylation is 3. The Morgan fingerprint density at radius 3 is 1.63 bits per heavy atom. The van der Waals surface area contributed by atoms with E-state index in [1.165, 1.54) is 27.5 Å². The first kappa shape index (κ1) is 13.4. The summed E-state index contributed by atoms with van der Waals surface area (Å²) < 4.78 is 0. The van der Waals surface area contributed by atoms with Crippen molar-refractivity contribution in [2.75, 3.05) is 0 Å². The average molecular weight is 248 g/mol. The highest BCUT2D eigenvalue weighted by molar-refractivity contribution is 5.82. The molecule has 0 aliphatic heterocycles. The van der Waals surface area contributed by atoms with Crippen LogP contribution in [0.2, 0.25) is 0 Å². The summed E-state index contributed by atoms with van der Waals surface area (Å²) in [6.07, 6.45) is 0. The Balaban J connectivity index is 0.000000148. The van der Waals surface area contributed by atoms with Crippen molar-refractivity contribution in [2.45, 2.75) is 20.8 Å². The summed E-state index contributed by atoms with van der Waals surface area (Å²) >= 11 is 0. The highest BCUT2D eigenvalue weighted by Gasteiger charge is 1.89. The lowest BCUT2D eigenvalue weighted by Crippen LogP contribution is -1.74. The molecule has 0 spiro atoms. The molecule has 0 radical (unpaired) electrons.